The predicted molar refractivity (Wildman–Crippen MR) is 106 cm³/mol. The lowest BCUT2D eigenvalue weighted by Gasteiger charge is -2.16. The number of amides is 1. The van der Waals surface area contributed by atoms with Crippen molar-refractivity contribution in [1.29, 1.82) is 0 Å². The van der Waals surface area contributed by atoms with Crippen LogP contribution >= 0.6 is 27.3 Å². The molecule has 0 radical (unpaired) electrons. The first kappa shape index (κ1) is 17.8. The monoisotopic (exact) mass is 414 g/mol. The lowest BCUT2D eigenvalue weighted by atomic mass is 10.2. The topological polar surface area (TPSA) is 33.2 Å². The minimum Gasteiger partial charge on any atom is -0.341 e. The molecule has 0 bridgehead atoms. The summed E-state index contributed by atoms with van der Waals surface area (Å²) in [4.78, 5) is 18.8. The van der Waals surface area contributed by atoms with Gasteiger partial charge < -0.3 is 4.90 Å². The van der Waals surface area contributed by atoms with Crippen LogP contribution in [-0.2, 0) is 24.2 Å². The van der Waals surface area contributed by atoms with Crippen LogP contribution in [0.1, 0.15) is 21.8 Å². The Hall–Kier alpha value is -1.98. The average molecular weight is 415 g/mol. The molecule has 0 saturated heterocycles. The maximum atomic E-state index is 12.4. The van der Waals surface area contributed by atoms with Crippen molar-refractivity contribution in [1.82, 2.24) is 9.88 Å². The highest BCUT2D eigenvalue weighted by atomic mass is 79.9. The molecule has 2 aromatic carbocycles. The number of carbonyl (C=O) groups is 1. The lowest BCUT2D eigenvalue weighted by molar-refractivity contribution is -0.129. The molecule has 0 unspecified atom stereocenters. The fraction of sp³-hybridized carbons (Fsp3) is 0.200. The molecule has 1 amide bonds. The van der Waals surface area contributed by atoms with E-state index in [2.05, 4.69) is 33.0 Å². The van der Waals surface area contributed by atoms with Crippen molar-refractivity contribution in [3.05, 3.63) is 86.3 Å². The van der Waals surface area contributed by atoms with Gasteiger partial charge in [-0.2, -0.15) is 0 Å². The van der Waals surface area contributed by atoms with Crippen LogP contribution in [0.5, 0.6) is 0 Å². The number of likely N-dealkylation sites (N-methyl/N-ethyl adjacent to an activating group) is 1. The Morgan fingerprint density at radius 3 is 2.52 bits per heavy atom. The molecule has 1 aromatic heterocycles. The minimum absolute atomic E-state index is 0.0829. The highest BCUT2D eigenvalue weighted by Crippen LogP contribution is 2.16. The van der Waals surface area contributed by atoms with E-state index in [1.807, 2.05) is 54.9 Å². The zero-order valence-corrected chi connectivity index (χ0v) is 16.4. The van der Waals surface area contributed by atoms with E-state index in [4.69, 9.17) is 0 Å². The molecule has 0 aliphatic rings. The zero-order chi connectivity index (χ0) is 17.6. The summed E-state index contributed by atoms with van der Waals surface area (Å²) in [6, 6.07) is 18.3. The molecule has 1 heterocycles. The van der Waals surface area contributed by atoms with Crippen molar-refractivity contribution >= 4 is 33.2 Å². The number of hydrogen-bond acceptors (Lipinski definition) is 3. The van der Waals surface area contributed by atoms with Gasteiger partial charge in [0.15, 0.2) is 0 Å². The Kier molecular flexibility index (Phi) is 6.00. The van der Waals surface area contributed by atoms with E-state index in [0.717, 1.165) is 27.2 Å². The highest BCUT2D eigenvalue weighted by Gasteiger charge is 2.13. The number of halogens is 1. The third-order valence-electron chi connectivity index (χ3n) is 3.89. The second kappa shape index (κ2) is 8.41. The summed E-state index contributed by atoms with van der Waals surface area (Å²) in [5.41, 5.74) is 3.20. The van der Waals surface area contributed by atoms with Gasteiger partial charge >= 0.3 is 0 Å². The van der Waals surface area contributed by atoms with E-state index in [-0.39, 0.29) is 5.91 Å². The normalized spacial score (nSPS) is 10.6. The summed E-state index contributed by atoms with van der Waals surface area (Å²) in [6.45, 7) is 0.604. The van der Waals surface area contributed by atoms with Crippen molar-refractivity contribution in [3.63, 3.8) is 0 Å². The van der Waals surface area contributed by atoms with Crippen molar-refractivity contribution in [2.75, 3.05) is 7.05 Å². The molecule has 0 aliphatic heterocycles. The van der Waals surface area contributed by atoms with Crippen LogP contribution in [0.2, 0.25) is 0 Å². The Labute approximate surface area is 160 Å². The lowest BCUT2D eigenvalue weighted by Crippen LogP contribution is -2.27. The van der Waals surface area contributed by atoms with Gasteiger partial charge in [0.25, 0.3) is 0 Å². The van der Waals surface area contributed by atoms with E-state index in [0.29, 0.717) is 13.0 Å². The second-order valence-electron chi connectivity index (χ2n) is 5.95. The van der Waals surface area contributed by atoms with Crippen LogP contribution in [-0.4, -0.2) is 22.8 Å². The predicted octanol–water partition coefficient (Wildman–Crippen LogP) is 4.70. The van der Waals surface area contributed by atoms with E-state index in [1.165, 1.54) is 5.56 Å². The smallest absolute Gasteiger partial charge is 0.228 e. The molecule has 3 rings (SSSR count). The van der Waals surface area contributed by atoms with Gasteiger partial charge in [-0.3, -0.25) is 4.79 Å². The SMILES string of the molecule is CN(Cc1ccc(Br)cc1)C(=O)Cc1csc(Cc2ccccc2)n1. The number of benzene rings is 2. The Morgan fingerprint density at radius 2 is 1.80 bits per heavy atom. The molecular weight excluding hydrogens is 396 g/mol. The fourth-order valence-corrected chi connectivity index (χ4v) is 3.62. The zero-order valence-electron chi connectivity index (χ0n) is 14.0. The van der Waals surface area contributed by atoms with Crippen molar-refractivity contribution in [3.8, 4) is 0 Å². The van der Waals surface area contributed by atoms with E-state index < -0.39 is 0 Å². The summed E-state index contributed by atoms with van der Waals surface area (Å²) in [6.07, 6.45) is 1.16. The summed E-state index contributed by atoms with van der Waals surface area (Å²) in [7, 11) is 1.83. The first-order valence-electron chi connectivity index (χ1n) is 8.06. The number of carbonyl (C=O) groups excluding carboxylic acids is 1. The van der Waals surface area contributed by atoms with Gasteiger partial charge in [0, 0.05) is 29.9 Å². The molecule has 0 N–H and O–H groups in total. The molecule has 0 spiro atoms. The highest BCUT2D eigenvalue weighted by molar-refractivity contribution is 9.10. The van der Waals surface area contributed by atoms with Crippen molar-refractivity contribution in [2.24, 2.45) is 0 Å². The van der Waals surface area contributed by atoms with Gasteiger partial charge in [-0.1, -0.05) is 58.4 Å². The molecule has 0 aliphatic carbocycles. The molecule has 128 valence electrons. The standard InChI is InChI=1S/C20H19BrN2OS/c1-23(13-16-7-9-17(21)10-8-16)20(24)12-18-14-25-19(22-18)11-15-5-3-2-4-6-15/h2-10,14H,11-13H2,1H3. The van der Waals surface area contributed by atoms with Crippen LogP contribution < -0.4 is 0 Å². The van der Waals surface area contributed by atoms with E-state index in [9.17, 15) is 4.79 Å². The maximum Gasteiger partial charge on any atom is 0.228 e. The van der Waals surface area contributed by atoms with Gasteiger partial charge in [0.2, 0.25) is 5.91 Å². The van der Waals surface area contributed by atoms with E-state index in [1.54, 1.807) is 16.2 Å². The number of aromatic nitrogens is 1. The second-order valence-corrected chi connectivity index (χ2v) is 7.81. The molecule has 5 heteroatoms. The van der Waals surface area contributed by atoms with Crippen molar-refractivity contribution in [2.45, 2.75) is 19.4 Å². The van der Waals surface area contributed by atoms with Gasteiger partial charge in [-0.25, -0.2) is 4.98 Å². The van der Waals surface area contributed by atoms with Crippen LogP contribution in [0.15, 0.2) is 64.5 Å². The van der Waals surface area contributed by atoms with Gasteiger partial charge in [-0.05, 0) is 23.3 Å². The summed E-state index contributed by atoms with van der Waals surface area (Å²) >= 11 is 5.04. The molecule has 0 saturated carbocycles. The number of rotatable bonds is 6. The van der Waals surface area contributed by atoms with Gasteiger partial charge in [0.1, 0.15) is 0 Å². The number of thiazole rings is 1. The first-order valence-corrected chi connectivity index (χ1v) is 9.73. The Morgan fingerprint density at radius 1 is 1.08 bits per heavy atom. The van der Waals surface area contributed by atoms with Crippen LogP contribution in [0, 0.1) is 0 Å². The van der Waals surface area contributed by atoms with Gasteiger partial charge in [0.05, 0.1) is 17.1 Å². The quantitative estimate of drug-likeness (QED) is 0.585. The summed E-state index contributed by atoms with van der Waals surface area (Å²) in [5, 5.41) is 3.04. The number of nitrogens with zero attached hydrogens (tertiary/aromatic N) is 2. The van der Waals surface area contributed by atoms with E-state index >= 15 is 0 Å². The summed E-state index contributed by atoms with van der Waals surface area (Å²) in [5.74, 6) is 0.0829. The molecule has 25 heavy (non-hydrogen) atoms. The maximum absolute atomic E-state index is 12.4. The van der Waals surface area contributed by atoms with Crippen LogP contribution in [0.4, 0.5) is 0 Å². The molecule has 3 aromatic rings. The molecule has 0 atom stereocenters. The third-order valence-corrected chi connectivity index (χ3v) is 5.31. The molecule has 3 nitrogen and oxygen atoms in total. The first-order chi connectivity index (χ1) is 12.1. The molecule has 0 fully saturated rings. The summed E-state index contributed by atoms with van der Waals surface area (Å²) < 4.78 is 1.04. The largest absolute Gasteiger partial charge is 0.341 e. The number of hydrogen-bond donors (Lipinski definition) is 0. The Balaban J connectivity index is 1.56. The van der Waals surface area contributed by atoms with Gasteiger partial charge in [-0.15, -0.1) is 11.3 Å². The average Bonchev–Trinajstić information content (AvgIpc) is 3.04. The Bertz CT molecular complexity index is 830. The minimum atomic E-state index is 0.0829. The third kappa shape index (κ3) is 5.25. The van der Waals surface area contributed by atoms with Crippen LogP contribution in [0.3, 0.4) is 0 Å². The van der Waals surface area contributed by atoms with Crippen molar-refractivity contribution < 1.29 is 4.79 Å². The molecular formula is C20H19BrN2OS. The van der Waals surface area contributed by atoms with Crippen LogP contribution in [0.25, 0.3) is 0 Å². The fourth-order valence-electron chi connectivity index (χ4n) is 2.52.